The molecule has 0 radical (unpaired) electrons. The molecule has 0 aromatic heterocycles. The summed E-state index contributed by atoms with van der Waals surface area (Å²) in [7, 11) is 1.68. The number of aliphatic carboxylic acids is 1. The predicted molar refractivity (Wildman–Crippen MR) is 70.8 cm³/mol. The number of aliphatic hydroxyl groups excluding tert-OH is 1. The number of carbonyl (C=O) groups excluding carboxylic acids is 1. The van der Waals surface area contributed by atoms with Crippen LogP contribution in [0.1, 0.15) is 39.5 Å². The molecule has 0 aromatic rings. The molecular weight excluding hydrogens is 248 g/mol. The van der Waals surface area contributed by atoms with Gasteiger partial charge in [0.05, 0.1) is 6.10 Å². The van der Waals surface area contributed by atoms with Crippen molar-refractivity contribution in [1.82, 2.24) is 10.2 Å². The second-order valence-corrected chi connectivity index (χ2v) is 5.54. The Labute approximate surface area is 113 Å². The second-order valence-electron chi connectivity index (χ2n) is 5.54. The van der Waals surface area contributed by atoms with Gasteiger partial charge in [0, 0.05) is 13.1 Å². The van der Waals surface area contributed by atoms with Crippen molar-refractivity contribution in [3.05, 3.63) is 0 Å². The standard InChI is InChI=1S/C13H24N2O4/c1-8-5-4-6-10(7-8)15(3)13(19)14-11(9(2)16)12(17)18/h8-11,16H,4-7H2,1-3H3,(H,14,19)(H,17,18)/t8?,9-,10?,11+/m1/s1. The summed E-state index contributed by atoms with van der Waals surface area (Å²) >= 11 is 0. The molecule has 2 amide bonds. The lowest BCUT2D eigenvalue weighted by Gasteiger charge is -2.34. The van der Waals surface area contributed by atoms with Gasteiger partial charge in [-0.15, -0.1) is 0 Å². The Morgan fingerprint density at radius 3 is 2.47 bits per heavy atom. The SMILES string of the molecule is CC1CCCC(N(C)C(=O)N[C@H](C(=O)O)[C@@H](C)O)C1. The van der Waals surface area contributed by atoms with Crippen molar-refractivity contribution in [3.8, 4) is 0 Å². The minimum absolute atomic E-state index is 0.146. The summed E-state index contributed by atoms with van der Waals surface area (Å²) in [4.78, 5) is 24.5. The first-order valence-corrected chi connectivity index (χ1v) is 6.77. The molecule has 110 valence electrons. The third kappa shape index (κ3) is 4.38. The molecule has 1 aliphatic carbocycles. The van der Waals surface area contributed by atoms with Gasteiger partial charge in [-0.1, -0.05) is 19.8 Å². The summed E-state index contributed by atoms with van der Waals surface area (Å²) < 4.78 is 0. The molecule has 0 spiro atoms. The zero-order chi connectivity index (χ0) is 14.6. The van der Waals surface area contributed by atoms with Gasteiger partial charge in [0.25, 0.3) is 0 Å². The summed E-state index contributed by atoms with van der Waals surface area (Å²) in [5.41, 5.74) is 0. The van der Waals surface area contributed by atoms with Crippen LogP contribution in [-0.4, -0.2) is 52.3 Å². The van der Waals surface area contributed by atoms with Crippen LogP contribution < -0.4 is 5.32 Å². The number of hydrogen-bond donors (Lipinski definition) is 3. The first kappa shape index (κ1) is 15.8. The van der Waals surface area contributed by atoms with Crippen molar-refractivity contribution in [2.45, 2.75) is 57.7 Å². The maximum Gasteiger partial charge on any atom is 0.328 e. The largest absolute Gasteiger partial charge is 0.480 e. The van der Waals surface area contributed by atoms with Gasteiger partial charge in [0.2, 0.25) is 0 Å². The Hall–Kier alpha value is -1.30. The van der Waals surface area contributed by atoms with E-state index in [1.54, 1.807) is 11.9 Å². The average molecular weight is 272 g/mol. The molecule has 4 atom stereocenters. The van der Waals surface area contributed by atoms with Crippen LogP contribution in [0.2, 0.25) is 0 Å². The molecule has 0 aromatic carbocycles. The van der Waals surface area contributed by atoms with E-state index in [1.165, 1.54) is 13.3 Å². The van der Waals surface area contributed by atoms with Gasteiger partial charge < -0.3 is 20.4 Å². The van der Waals surface area contributed by atoms with E-state index >= 15 is 0 Å². The smallest absolute Gasteiger partial charge is 0.328 e. The Balaban J connectivity index is 2.58. The van der Waals surface area contributed by atoms with Crippen LogP contribution in [0.5, 0.6) is 0 Å². The number of nitrogens with one attached hydrogen (secondary N) is 1. The molecule has 0 aliphatic heterocycles. The van der Waals surface area contributed by atoms with E-state index in [1.807, 2.05) is 0 Å². The second kappa shape index (κ2) is 6.75. The maximum absolute atomic E-state index is 12.0. The molecular formula is C13H24N2O4. The maximum atomic E-state index is 12.0. The molecule has 2 unspecified atom stereocenters. The summed E-state index contributed by atoms with van der Waals surface area (Å²) in [6, 6.07) is -1.56. The van der Waals surface area contributed by atoms with Crippen molar-refractivity contribution in [1.29, 1.82) is 0 Å². The highest BCUT2D eigenvalue weighted by molar-refractivity contribution is 5.83. The molecule has 1 aliphatic rings. The first-order valence-electron chi connectivity index (χ1n) is 6.77. The number of amides is 2. The fourth-order valence-electron chi connectivity index (χ4n) is 2.54. The van der Waals surface area contributed by atoms with Gasteiger partial charge in [-0.2, -0.15) is 0 Å². The summed E-state index contributed by atoms with van der Waals surface area (Å²) in [5, 5.41) is 20.7. The number of carboxylic acid groups (broad SMARTS) is 1. The number of urea groups is 1. The molecule has 1 fully saturated rings. The van der Waals surface area contributed by atoms with Gasteiger partial charge >= 0.3 is 12.0 Å². The highest BCUT2D eigenvalue weighted by Crippen LogP contribution is 2.26. The predicted octanol–water partition coefficient (Wildman–Crippen LogP) is 1.04. The Morgan fingerprint density at radius 1 is 1.37 bits per heavy atom. The van der Waals surface area contributed by atoms with Crippen molar-refractivity contribution < 1.29 is 19.8 Å². The highest BCUT2D eigenvalue weighted by Gasteiger charge is 2.30. The monoisotopic (exact) mass is 272 g/mol. The summed E-state index contributed by atoms with van der Waals surface area (Å²) in [6.45, 7) is 3.51. The molecule has 6 heteroatoms. The highest BCUT2D eigenvalue weighted by atomic mass is 16.4. The average Bonchev–Trinajstić information content (AvgIpc) is 2.33. The number of hydrogen-bond acceptors (Lipinski definition) is 3. The van der Waals surface area contributed by atoms with E-state index in [9.17, 15) is 14.7 Å². The van der Waals surface area contributed by atoms with Gasteiger partial charge in [-0.3, -0.25) is 0 Å². The lowest BCUT2D eigenvalue weighted by molar-refractivity contribution is -0.141. The molecule has 19 heavy (non-hydrogen) atoms. The quantitative estimate of drug-likeness (QED) is 0.713. The lowest BCUT2D eigenvalue weighted by atomic mass is 9.86. The van der Waals surface area contributed by atoms with Crippen LogP contribution in [0.4, 0.5) is 4.79 Å². The van der Waals surface area contributed by atoms with Gasteiger partial charge in [0.15, 0.2) is 6.04 Å². The van der Waals surface area contributed by atoms with E-state index in [4.69, 9.17) is 5.11 Å². The molecule has 0 saturated heterocycles. The zero-order valence-electron chi connectivity index (χ0n) is 11.8. The summed E-state index contributed by atoms with van der Waals surface area (Å²) in [5.74, 6) is -0.644. The molecule has 3 N–H and O–H groups in total. The number of aliphatic hydroxyl groups is 1. The Bertz CT molecular complexity index is 333. The molecule has 1 saturated carbocycles. The number of carbonyl (C=O) groups is 2. The van der Waals surface area contributed by atoms with Crippen molar-refractivity contribution in [2.75, 3.05) is 7.05 Å². The van der Waals surface area contributed by atoms with Crippen molar-refractivity contribution in [2.24, 2.45) is 5.92 Å². The number of carboxylic acids is 1. The molecule has 1 rings (SSSR count). The van der Waals surface area contributed by atoms with E-state index < -0.39 is 24.1 Å². The van der Waals surface area contributed by atoms with Gasteiger partial charge in [0.1, 0.15) is 0 Å². The fraction of sp³-hybridized carbons (Fsp3) is 0.846. The van der Waals surface area contributed by atoms with E-state index in [-0.39, 0.29) is 6.04 Å². The van der Waals surface area contributed by atoms with E-state index in [0.717, 1.165) is 19.3 Å². The topological polar surface area (TPSA) is 89.9 Å². The lowest BCUT2D eigenvalue weighted by Crippen LogP contribution is -2.54. The number of rotatable bonds is 4. The van der Waals surface area contributed by atoms with Crippen LogP contribution in [0.15, 0.2) is 0 Å². The molecule has 0 bridgehead atoms. The minimum Gasteiger partial charge on any atom is -0.480 e. The van der Waals surface area contributed by atoms with Gasteiger partial charge in [-0.05, 0) is 25.7 Å². The van der Waals surface area contributed by atoms with Gasteiger partial charge in [-0.25, -0.2) is 9.59 Å². The fourth-order valence-corrected chi connectivity index (χ4v) is 2.54. The van der Waals surface area contributed by atoms with Crippen LogP contribution in [-0.2, 0) is 4.79 Å². The van der Waals surface area contributed by atoms with Crippen LogP contribution in [0, 0.1) is 5.92 Å². The van der Waals surface area contributed by atoms with Crippen molar-refractivity contribution in [3.63, 3.8) is 0 Å². The summed E-state index contributed by atoms with van der Waals surface area (Å²) in [6.07, 6.45) is 3.02. The first-order chi connectivity index (χ1) is 8.82. The van der Waals surface area contributed by atoms with E-state index in [2.05, 4.69) is 12.2 Å². The Morgan fingerprint density at radius 2 is 2.00 bits per heavy atom. The third-order valence-electron chi connectivity index (χ3n) is 3.80. The van der Waals surface area contributed by atoms with E-state index in [0.29, 0.717) is 5.92 Å². The van der Waals surface area contributed by atoms with Crippen LogP contribution in [0.3, 0.4) is 0 Å². The van der Waals surface area contributed by atoms with Crippen LogP contribution >= 0.6 is 0 Å². The number of nitrogens with zero attached hydrogens (tertiary/aromatic N) is 1. The normalized spacial score (nSPS) is 26.3. The van der Waals surface area contributed by atoms with Crippen LogP contribution in [0.25, 0.3) is 0 Å². The zero-order valence-corrected chi connectivity index (χ0v) is 11.8. The third-order valence-corrected chi connectivity index (χ3v) is 3.80. The Kier molecular flexibility index (Phi) is 5.60. The molecule has 0 heterocycles. The minimum atomic E-state index is -1.27. The van der Waals surface area contributed by atoms with Crippen molar-refractivity contribution >= 4 is 12.0 Å². The molecule has 6 nitrogen and oxygen atoms in total.